The zero-order valence-corrected chi connectivity index (χ0v) is 16.0. The predicted molar refractivity (Wildman–Crippen MR) is 96.9 cm³/mol. The van der Waals surface area contributed by atoms with Gasteiger partial charge in [0, 0.05) is 37.3 Å². The molecule has 32 heavy (non-hydrogen) atoms. The van der Waals surface area contributed by atoms with Crippen molar-refractivity contribution in [3.63, 3.8) is 0 Å². The van der Waals surface area contributed by atoms with E-state index in [9.17, 15) is 35.9 Å². The van der Waals surface area contributed by atoms with Gasteiger partial charge in [-0.25, -0.2) is 15.4 Å². The number of nitrogens with zero attached hydrogens (tertiary/aromatic N) is 3. The van der Waals surface area contributed by atoms with Gasteiger partial charge in [0.15, 0.2) is 0 Å². The summed E-state index contributed by atoms with van der Waals surface area (Å²) >= 11 is 0. The standard InChI is InChI=1S/C18H15F6N5O3/c19-17(20,21)12-7-26-16(27-8-12)29-3-1-11(2-4-29)14(30)28-32-9-10-5-13(18(22,23)24)15(31)25-6-10/h1,5-8H,2-4,9H2,(H,25,31)(H,28,30). The molecule has 3 rings (SSSR count). The van der Waals surface area contributed by atoms with E-state index in [2.05, 4.69) is 15.4 Å². The molecule has 2 aromatic rings. The van der Waals surface area contributed by atoms with Crippen LogP contribution in [0.2, 0.25) is 0 Å². The topological polar surface area (TPSA) is 100 Å². The fourth-order valence-electron chi connectivity index (χ4n) is 2.76. The van der Waals surface area contributed by atoms with Gasteiger partial charge in [0.25, 0.3) is 11.5 Å². The second kappa shape index (κ2) is 8.98. The van der Waals surface area contributed by atoms with E-state index in [0.29, 0.717) is 24.0 Å². The molecular weight excluding hydrogens is 448 g/mol. The number of H-pyrrole nitrogens is 1. The Hall–Kier alpha value is -3.42. The van der Waals surface area contributed by atoms with E-state index < -0.39 is 41.6 Å². The van der Waals surface area contributed by atoms with E-state index in [1.165, 1.54) is 6.08 Å². The van der Waals surface area contributed by atoms with Crippen LogP contribution in [0.4, 0.5) is 32.3 Å². The molecule has 172 valence electrons. The lowest BCUT2D eigenvalue weighted by atomic mass is 10.1. The molecule has 0 aromatic carbocycles. The summed E-state index contributed by atoms with van der Waals surface area (Å²) in [4.78, 5) is 39.2. The van der Waals surface area contributed by atoms with Gasteiger partial charge in [0.05, 0.1) is 5.56 Å². The highest BCUT2D eigenvalue weighted by Crippen LogP contribution is 2.29. The molecule has 0 fully saturated rings. The first-order chi connectivity index (χ1) is 14.9. The summed E-state index contributed by atoms with van der Waals surface area (Å²) in [5, 5.41) is 0. The molecule has 8 nitrogen and oxygen atoms in total. The van der Waals surface area contributed by atoms with Crippen LogP contribution in [-0.4, -0.2) is 33.9 Å². The Morgan fingerprint density at radius 1 is 1.16 bits per heavy atom. The monoisotopic (exact) mass is 463 g/mol. The molecule has 2 aromatic heterocycles. The molecule has 3 heterocycles. The highest BCUT2D eigenvalue weighted by Gasteiger charge is 2.34. The van der Waals surface area contributed by atoms with Crippen LogP contribution in [-0.2, 0) is 28.6 Å². The quantitative estimate of drug-likeness (QED) is 0.523. The van der Waals surface area contributed by atoms with E-state index in [1.54, 1.807) is 4.90 Å². The van der Waals surface area contributed by atoms with Gasteiger partial charge in [-0.15, -0.1) is 0 Å². The minimum Gasteiger partial charge on any atom is -0.337 e. The number of rotatable bonds is 5. The first-order valence-electron chi connectivity index (χ1n) is 8.99. The number of pyridine rings is 1. The average molecular weight is 463 g/mol. The highest BCUT2D eigenvalue weighted by molar-refractivity contribution is 5.93. The summed E-state index contributed by atoms with van der Waals surface area (Å²) in [6.07, 6.45) is -5.30. The van der Waals surface area contributed by atoms with Crippen molar-refractivity contribution in [2.24, 2.45) is 0 Å². The Bertz CT molecular complexity index is 1060. The van der Waals surface area contributed by atoms with Gasteiger partial charge in [0.2, 0.25) is 5.95 Å². The number of aromatic nitrogens is 3. The average Bonchev–Trinajstić information content (AvgIpc) is 2.73. The summed E-state index contributed by atoms with van der Waals surface area (Å²) in [5.74, 6) is -0.554. The Morgan fingerprint density at radius 2 is 1.84 bits per heavy atom. The van der Waals surface area contributed by atoms with Gasteiger partial charge in [-0.3, -0.25) is 14.4 Å². The van der Waals surface area contributed by atoms with Gasteiger partial charge < -0.3 is 9.88 Å². The lowest BCUT2D eigenvalue weighted by molar-refractivity contribution is -0.139. The number of hydroxylamine groups is 1. The molecule has 14 heteroatoms. The van der Waals surface area contributed by atoms with Crippen molar-refractivity contribution in [1.29, 1.82) is 0 Å². The van der Waals surface area contributed by atoms with Crippen LogP contribution in [0, 0.1) is 0 Å². The molecule has 0 saturated carbocycles. The fraction of sp³-hybridized carbons (Fsp3) is 0.333. The molecule has 0 spiro atoms. The normalized spacial score (nSPS) is 14.8. The summed E-state index contributed by atoms with van der Waals surface area (Å²) in [6, 6.07) is 0.618. The molecule has 0 atom stereocenters. The number of halogens is 6. The zero-order valence-electron chi connectivity index (χ0n) is 16.0. The summed E-state index contributed by atoms with van der Waals surface area (Å²) < 4.78 is 76.0. The van der Waals surface area contributed by atoms with Crippen molar-refractivity contribution < 1.29 is 36.0 Å². The number of nitrogens with one attached hydrogen (secondary N) is 2. The van der Waals surface area contributed by atoms with Gasteiger partial charge in [-0.2, -0.15) is 26.3 Å². The largest absolute Gasteiger partial charge is 0.421 e. The molecule has 1 aliphatic rings. The third-order valence-corrected chi connectivity index (χ3v) is 4.42. The van der Waals surface area contributed by atoms with E-state index in [4.69, 9.17) is 4.84 Å². The van der Waals surface area contributed by atoms with E-state index in [-0.39, 0.29) is 31.0 Å². The van der Waals surface area contributed by atoms with Gasteiger partial charge in [-0.05, 0) is 18.1 Å². The van der Waals surface area contributed by atoms with Gasteiger partial charge >= 0.3 is 12.4 Å². The maximum Gasteiger partial charge on any atom is 0.421 e. The summed E-state index contributed by atoms with van der Waals surface area (Å²) in [7, 11) is 0. The van der Waals surface area contributed by atoms with Crippen molar-refractivity contribution in [3.8, 4) is 0 Å². The van der Waals surface area contributed by atoms with Gasteiger partial charge in [-0.1, -0.05) is 6.08 Å². The Morgan fingerprint density at radius 3 is 2.41 bits per heavy atom. The van der Waals surface area contributed by atoms with E-state index in [0.717, 1.165) is 6.20 Å². The Kier molecular flexibility index (Phi) is 6.52. The lowest BCUT2D eigenvalue weighted by Gasteiger charge is -2.26. The molecule has 1 amide bonds. The smallest absolute Gasteiger partial charge is 0.337 e. The van der Waals surface area contributed by atoms with Crippen molar-refractivity contribution in [3.05, 3.63) is 63.4 Å². The van der Waals surface area contributed by atoms with Gasteiger partial charge in [0.1, 0.15) is 12.2 Å². The third kappa shape index (κ3) is 5.63. The number of amides is 1. The van der Waals surface area contributed by atoms with Crippen LogP contribution in [0.25, 0.3) is 0 Å². The van der Waals surface area contributed by atoms with Crippen LogP contribution >= 0.6 is 0 Å². The van der Waals surface area contributed by atoms with E-state index >= 15 is 0 Å². The van der Waals surface area contributed by atoms with Crippen molar-refractivity contribution in [2.45, 2.75) is 25.4 Å². The molecule has 0 bridgehead atoms. The number of carbonyl (C=O) groups is 1. The summed E-state index contributed by atoms with van der Waals surface area (Å²) in [5.41, 5.74) is -1.26. The first kappa shape index (κ1) is 23.2. The van der Waals surface area contributed by atoms with Crippen molar-refractivity contribution >= 4 is 11.9 Å². The SMILES string of the molecule is O=C(NOCc1c[nH]c(=O)c(C(F)(F)F)c1)C1=CCN(c2ncc(C(F)(F)F)cn2)CC1. The Labute approximate surface area is 175 Å². The zero-order chi connectivity index (χ0) is 23.5. The molecule has 0 radical (unpaired) electrons. The number of hydrogen-bond donors (Lipinski definition) is 2. The second-order valence-corrected chi connectivity index (χ2v) is 6.66. The number of alkyl halides is 6. The van der Waals surface area contributed by atoms with Crippen molar-refractivity contribution in [2.75, 3.05) is 18.0 Å². The van der Waals surface area contributed by atoms with Crippen LogP contribution in [0.15, 0.2) is 41.1 Å². The predicted octanol–water partition coefficient (Wildman–Crippen LogP) is 2.59. The van der Waals surface area contributed by atoms with E-state index in [1.807, 2.05) is 4.98 Å². The number of carbonyl (C=O) groups excluding carboxylic acids is 1. The maximum absolute atomic E-state index is 12.7. The fourth-order valence-corrected chi connectivity index (χ4v) is 2.76. The third-order valence-electron chi connectivity index (χ3n) is 4.42. The Balaban J connectivity index is 1.53. The first-order valence-corrected chi connectivity index (χ1v) is 8.99. The second-order valence-electron chi connectivity index (χ2n) is 6.66. The maximum atomic E-state index is 12.7. The molecular formula is C18H15F6N5O3. The minimum atomic E-state index is -4.83. The number of anilines is 1. The molecule has 0 unspecified atom stereocenters. The molecule has 0 saturated heterocycles. The molecule has 2 N–H and O–H groups in total. The van der Waals surface area contributed by atoms with Crippen molar-refractivity contribution in [1.82, 2.24) is 20.4 Å². The van der Waals surface area contributed by atoms with Crippen LogP contribution < -0.4 is 15.9 Å². The van der Waals surface area contributed by atoms with Crippen LogP contribution in [0.1, 0.15) is 23.1 Å². The van der Waals surface area contributed by atoms with Crippen LogP contribution in [0.5, 0.6) is 0 Å². The molecule has 1 aliphatic heterocycles. The lowest BCUT2D eigenvalue weighted by Crippen LogP contribution is -2.34. The minimum absolute atomic E-state index is 0.0134. The van der Waals surface area contributed by atoms with Crippen LogP contribution in [0.3, 0.4) is 0 Å². The highest BCUT2D eigenvalue weighted by atomic mass is 19.4. The number of hydrogen-bond acceptors (Lipinski definition) is 6. The number of aromatic amines is 1. The molecule has 0 aliphatic carbocycles. The summed E-state index contributed by atoms with van der Waals surface area (Å²) in [6.45, 7) is -0.0210.